The number of carbonyl (C=O) groups excluding carboxylic acids is 2. The van der Waals surface area contributed by atoms with E-state index in [0.717, 1.165) is 11.1 Å². The molecule has 0 aliphatic rings. The summed E-state index contributed by atoms with van der Waals surface area (Å²) in [5.74, 6) is -0.0782. The quantitative estimate of drug-likeness (QED) is 0.327. The average Bonchev–Trinajstić information content (AvgIpc) is 3.25. The second-order valence-corrected chi connectivity index (χ2v) is 10.4. The van der Waals surface area contributed by atoms with Crippen molar-refractivity contribution in [3.05, 3.63) is 70.4 Å². The first kappa shape index (κ1) is 27.8. The van der Waals surface area contributed by atoms with Crippen molar-refractivity contribution in [2.24, 2.45) is 11.1 Å². The summed E-state index contributed by atoms with van der Waals surface area (Å²) in [5.41, 5.74) is 7.48. The lowest BCUT2D eigenvalue weighted by Gasteiger charge is -2.26. The van der Waals surface area contributed by atoms with Crippen LogP contribution in [0.25, 0.3) is 11.0 Å². The highest BCUT2D eigenvalue weighted by Crippen LogP contribution is 2.35. The van der Waals surface area contributed by atoms with Crippen molar-refractivity contribution < 1.29 is 14.7 Å². The van der Waals surface area contributed by atoms with Crippen LogP contribution >= 0.6 is 0 Å². The molecule has 1 aromatic carbocycles. The van der Waals surface area contributed by atoms with Crippen LogP contribution in [0.5, 0.6) is 0 Å². The van der Waals surface area contributed by atoms with Gasteiger partial charge in [0.05, 0.1) is 29.7 Å². The number of hydrogen-bond acceptors (Lipinski definition) is 6. The number of imidazole rings is 1. The topological polar surface area (TPSA) is 146 Å². The number of carbonyl (C=O) groups is 2. The Labute approximate surface area is 216 Å². The van der Waals surface area contributed by atoms with E-state index in [0.29, 0.717) is 24.2 Å². The van der Waals surface area contributed by atoms with Gasteiger partial charge in [0.25, 0.3) is 5.56 Å². The molecule has 37 heavy (non-hydrogen) atoms. The van der Waals surface area contributed by atoms with E-state index < -0.39 is 23.6 Å². The van der Waals surface area contributed by atoms with E-state index in [4.69, 9.17) is 5.73 Å². The van der Waals surface area contributed by atoms with E-state index in [2.05, 4.69) is 15.3 Å². The molecule has 10 heteroatoms. The van der Waals surface area contributed by atoms with Crippen molar-refractivity contribution in [1.82, 2.24) is 19.4 Å². The Kier molecular flexibility index (Phi) is 8.67. The molecule has 2 unspecified atom stereocenters. The van der Waals surface area contributed by atoms with Crippen LogP contribution in [0.1, 0.15) is 51.1 Å². The maximum Gasteiger partial charge on any atom is 0.274 e. The molecule has 198 valence electrons. The molecule has 10 nitrogen and oxygen atoms in total. The number of aliphatic hydroxyl groups excluding tert-OH is 1. The van der Waals surface area contributed by atoms with Crippen LogP contribution in [0.3, 0.4) is 0 Å². The minimum atomic E-state index is -0.838. The zero-order chi connectivity index (χ0) is 27.3. The highest BCUT2D eigenvalue weighted by Gasteiger charge is 2.26. The number of rotatable bonds is 9. The molecule has 0 saturated heterocycles. The van der Waals surface area contributed by atoms with Gasteiger partial charge in [-0.05, 0) is 42.5 Å². The van der Waals surface area contributed by atoms with Gasteiger partial charge >= 0.3 is 0 Å². The number of nitrogens with one attached hydrogen (secondary N) is 2. The highest BCUT2D eigenvalue weighted by atomic mass is 16.3. The van der Waals surface area contributed by atoms with E-state index in [-0.39, 0.29) is 23.6 Å². The predicted molar refractivity (Wildman–Crippen MR) is 144 cm³/mol. The average molecular weight is 509 g/mol. The summed E-state index contributed by atoms with van der Waals surface area (Å²) < 4.78 is 1.44. The van der Waals surface area contributed by atoms with Gasteiger partial charge in [-0.25, -0.2) is 4.98 Å². The third-order valence-corrected chi connectivity index (χ3v) is 5.99. The Bertz CT molecular complexity index is 1350. The molecule has 2 aromatic heterocycles. The van der Waals surface area contributed by atoms with Gasteiger partial charge in [0.2, 0.25) is 11.8 Å². The number of aromatic nitrogens is 3. The number of aliphatic hydroxyl groups is 1. The number of fused-ring (bicyclic) bond motifs is 1. The zero-order valence-corrected chi connectivity index (χ0v) is 22.0. The van der Waals surface area contributed by atoms with Crippen LogP contribution in [-0.4, -0.2) is 56.5 Å². The smallest absolute Gasteiger partial charge is 0.274 e. The molecule has 0 spiro atoms. The molecule has 0 aliphatic heterocycles. The lowest BCUT2D eigenvalue weighted by molar-refractivity contribution is -0.123. The summed E-state index contributed by atoms with van der Waals surface area (Å²) >= 11 is 0. The minimum Gasteiger partial charge on any atom is -0.388 e. The molecule has 0 bridgehead atoms. The van der Waals surface area contributed by atoms with Gasteiger partial charge in [-0.15, -0.1) is 0 Å². The number of aromatic amines is 1. The lowest BCUT2D eigenvalue weighted by Crippen LogP contribution is -2.37. The Morgan fingerprint density at radius 1 is 1.24 bits per heavy atom. The largest absolute Gasteiger partial charge is 0.388 e. The number of benzene rings is 1. The predicted octanol–water partition coefficient (Wildman–Crippen LogP) is 2.54. The first-order valence-corrected chi connectivity index (χ1v) is 12.2. The monoisotopic (exact) mass is 508 g/mol. The van der Waals surface area contributed by atoms with Crippen molar-refractivity contribution in [2.45, 2.75) is 52.3 Å². The first-order chi connectivity index (χ1) is 17.4. The SMILES string of the molecule is CN(C)C(=O)/C=C/CCC(N)C(=O)Nc1cccn(Cc2nc3c(C(O)C(C)(C)C)cccc3[nH]2)c1=O. The van der Waals surface area contributed by atoms with Crippen LogP contribution in [0.4, 0.5) is 5.69 Å². The van der Waals surface area contributed by atoms with Crippen LogP contribution < -0.4 is 16.6 Å². The molecular formula is C27H36N6O4. The Morgan fingerprint density at radius 3 is 2.65 bits per heavy atom. The van der Waals surface area contributed by atoms with Crippen LogP contribution in [-0.2, 0) is 16.1 Å². The number of nitrogens with two attached hydrogens (primary N) is 1. The molecule has 0 fully saturated rings. The number of para-hydroxylation sites is 1. The van der Waals surface area contributed by atoms with Crippen molar-refractivity contribution in [2.75, 3.05) is 19.4 Å². The van der Waals surface area contributed by atoms with E-state index in [1.807, 2.05) is 39.0 Å². The number of pyridine rings is 1. The molecule has 3 aromatic rings. The number of hydrogen-bond donors (Lipinski definition) is 4. The van der Waals surface area contributed by atoms with Crippen LogP contribution in [0.15, 0.2) is 53.5 Å². The molecule has 5 N–H and O–H groups in total. The summed E-state index contributed by atoms with van der Waals surface area (Å²) in [7, 11) is 3.31. The fraction of sp³-hybridized carbons (Fsp3) is 0.407. The van der Waals surface area contributed by atoms with Crippen molar-refractivity contribution in [3.63, 3.8) is 0 Å². The summed E-state index contributed by atoms with van der Waals surface area (Å²) in [6.07, 6.45) is 4.79. The van der Waals surface area contributed by atoms with E-state index in [1.165, 1.54) is 21.6 Å². The van der Waals surface area contributed by atoms with E-state index >= 15 is 0 Å². The normalized spacial score (nSPS) is 13.6. The Hall–Kier alpha value is -3.76. The van der Waals surface area contributed by atoms with Gasteiger partial charge in [0.15, 0.2) is 0 Å². The first-order valence-electron chi connectivity index (χ1n) is 12.2. The number of likely N-dealkylation sites (N-methyl/N-ethyl adjacent to an activating group) is 1. The molecule has 2 heterocycles. The molecule has 3 rings (SSSR count). The number of nitrogens with zero attached hydrogens (tertiary/aromatic N) is 3. The fourth-order valence-electron chi connectivity index (χ4n) is 3.75. The maximum absolute atomic E-state index is 13.0. The van der Waals surface area contributed by atoms with Crippen molar-refractivity contribution in [1.29, 1.82) is 0 Å². The summed E-state index contributed by atoms with van der Waals surface area (Å²) in [5, 5.41) is 13.4. The van der Waals surface area contributed by atoms with Crippen molar-refractivity contribution >= 4 is 28.5 Å². The molecule has 0 saturated carbocycles. The molecular weight excluding hydrogens is 472 g/mol. The third kappa shape index (κ3) is 6.93. The summed E-state index contributed by atoms with van der Waals surface area (Å²) in [6, 6.07) is 7.93. The van der Waals surface area contributed by atoms with Crippen LogP contribution in [0, 0.1) is 5.41 Å². The maximum atomic E-state index is 13.0. The molecule has 2 amide bonds. The van der Waals surface area contributed by atoms with E-state index in [1.54, 1.807) is 32.4 Å². The number of H-pyrrole nitrogens is 1. The zero-order valence-electron chi connectivity index (χ0n) is 22.0. The highest BCUT2D eigenvalue weighted by molar-refractivity contribution is 5.94. The Morgan fingerprint density at radius 2 is 1.97 bits per heavy atom. The van der Waals surface area contributed by atoms with Crippen molar-refractivity contribution in [3.8, 4) is 0 Å². The molecule has 0 aliphatic carbocycles. The second kappa shape index (κ2) is 11.5. The Balaban J connectivity index is 1.71. The van der Waals surface area contributed by atoms with Gasteiger partial charge in [-0.1, -0.05) is 39.0 Å². The lowest BCUT2D eigenvalue weighted by atomic mass is 9.84. The van der Waals surface area contributed by atoms with Gasteiger partial charge in [-0.3, -0.25) is 14.4 Å². The number of anilines is 1. The molecule has 2 atom stereocenters. The summed E-state index contributed by atoms with van der Waals surface area (Å²) in [4.78, 5) is 46.5. The fourth-order valence-corrected chi connectivity index (χ4v) is 3.75. The third-order valence-electron chi connectivity index (χ3n) is 5.99. The van der Waals surface area contributed by atoms with Crippen LogP contribution in [0.2, 0.25) is 0 Å². The van der Waals surface area contributed by atoms with Gasteiger partial charge in [0.1, 0.15) is 11.5 Å². The summed E-state index contributed by atoms with van der Waals surface area (Å²) in [6.45, 7) is 6.02. The molecule has 0 radical (unpaired) electrons. The van der Waals surface area contributed by atoms with Gasteiger partial charge in [-0.2, -0.15) is 0 Å². The number of allylic oxidation sites excluding steroid dienone is 1. The minimum absolute atomic E-state index is 0.112. The van der Waals surface area contributed by atoms with Gasteiger partial charge < -0.3 is 30.6 Å². The number of amides is 2. The van der Waals surface area contributed by atoms with E-state index in [9.17, 15) is 19.5 Å². The van der Waals surface area contributed by atoms with Gasteiger partial charge in [0, 0.05) is 25.9 Å². The standard InChI is InChI=1S/C27H36N6O4/c1-27(2,3)24(35)17-10-8-12-19-23(17)31-21(29-19)16-33-15-9-13-20(26(33)37)30-25(36)18(28)11-6-7-14-22(34)32(4)5/h7-10,12-15,18,24,35H,6,11,16,28H2,1-5H3,(H,29,31)(H,30,36)/b14-7+. The second-order valence-electron chi connectivity index (χ2n) is 10.4.